The van der Waals surface area contributed by atoms with Gasteiger partial charge in [0.2, 0.25) is 5.91 Å². The molecule has 0 aliphatic carbocycles. The van der Waals surface area contributed by atoms with Crippen LogP contribution in [0.4, 0.5) is 13.9 Å². The van der Waals surface area contributed by atoms with Gasteiger partial charge in [0.1, 0.15) is 5.75 Å². The summed E-state index contributed by atoms with van der Waals surface area (Å²) in [6.07, 6.45) is 0. The Kier molecular flexibility index (Phi) is 5.08. The minimum Gasteiger partial charge on any atom is -0.497 e. The number of carbonyl (C=O) groups excluding carboxylic acids is 2. The van der Waals surface area contributed by atoms with Gasteiger partial charge in [-0.2, -0.15) is 0 Å². The molecule has 0 bridgehead atoms. The molecule has 1 aromatic heterocycles. The van der Waals surface area contributed by atoms with Crippen LogP contribution in [0.1, 0.15) is 10.4 Å². The van der Waals surface area contributed by atoms with Crippen LogP contribution < -0.4 is 15.4 Å². The fourth-order valence-corrected chi connectivity index (χ4v) is 3.06. The third-order valence-electron chi connectivity index (χ3n) is 3.43. The molecule has 0 atom stereocenters. The number of hydrogen-bond acceptors (Lipinski definition) is 5. The van der Waals surface area contributed by atoms with E-state index >= 15 is 0 Å². The number of amides is 2. The molecule has 0 fully saturated rings. The number of aromatic nitrogens is 1. The maximum Gasteiger partial charge on any atom is 0.251 e. The first-order valence-corrected chi connectivity index (χ1v) is 8.25. The van der Waals surface area contributed by atoms with Crippen LogP contribution in [0.3, 0.4) is 0 Å². The highest BCUT2D eigenvalue weighted by molar-refractivity contribution is 7.22. The minimum absolute atomic E-state index is 0.0798. The number of thiazole rings is 1. The lowest BCUT2D eigenvalue weighted by molar-refractivity contribution is -0.115. The first-order valence-electron chi connectivity index (χ1n) is 7.44. The summed E-state index contributed by atoms with van der Waals surface area (Å²) in [5, 5.41) is 5.28. The van der Waals surface area contributed by atoms with E-state index in [1.165, 1.54) is 11.3 Å². The van der Waals surface area contributed by atoms with E-state index in [0.717, 1.165) is 22.9 Å². The Labute approximate surface area is 150 Å². The van der Waals surface area contributed by atoms with Crippen LogP contribution >= 0.6 is 11.3 Å². The van der Waals surface area contributed by atoms with Gasteiger partial charge in [-0.15, -0.1) is 0 Å². The average Bonchev–Trinajstić information content (AvgIpc) is 3.03. The SMILES string of the molecule is COc1ccc2nc(NC(=O)CNC(=O)c3ccc(F)c(F)c3)sc2c1. The van der Waals surface area contributed by atoms with Crippen LogP contribution in [0.15, 0.2) is 36.4 Å². The fraction of sp³-hybridized carbons (Fsp3) is 0.118. The molecule has 0 aliphatic rings. The van der Waals surface area contributed by atoms with Crippen molar-refractivity contribution in [2.75, 3.05) is 19.0 Å². The highest BCUT2D eigenvalue weighted by Crippen LogP contribution is 2.29. The van der Waals surface area contributed by atoms with E-state index in [9.17, 15) is 18.4 Å². The first kappa shape index (κ1) is 17.7. The third-order valence-corrected chi connectivity index (χ3v) is 4.37. The van der Waals surface area contributed by atoms with Crippen molar-refractivity contribution in [1.82, 2.24) is 10.3 Å². The number of halogens is 2. The van der Waals surface area contributed by atoms with E-state index in [1.54, 1.807) is 25.3 Å². The predicted octanol–water partition coefficient (Wildman–Crippen LogP) is 2.95. The Balaban J connectivity index is 1.60. The summed E-state index contributed by atoms with van der Waals surface area (Å²) < 4.78 is 32.0. The van der Waals surface area contributed by atoms with Gasteiger partial charge in [-0.3, -0.25) is 9.59 Å². The molecule has 134 valence electrons. The molecular formula is C17H13F2N3O3S. The Hall–Kier alpha value is -3.07. The van der Waals surface area contributed by atoms with Crippen molar-refractivity contribution in [3.05, 3.63) is 53.6 Å². The van der Waals surface area contributed by atoms with E-state index < -0.39 is 23.4 Å². The monoisotopic (exact) mass is 377 g/mol. The van der Waals surface area contributed by atoms with E-state index in [-0.39, 0.29) is 12.1 Å². The lowest BCUT2D eigenvalue weighted by Crippen LogP contribution is -2.32. The predicted molar refractivity (Wildman–Crippen MR) is 93.5 cm³/mol. The smallest absolute Gasteiger partial charge is 0.251 e. The van der Waals surface area contributed by atoms with Crippen LogP contribution in [0.5, 0.6) is 5.75 Å². The maximum absolute atomic E-state index is 13.1. The van der Waals surface area contributed by atoms with Crippen LogP contribution in [0.2, 0.25) is 0 Å². The van der Waals surface area contributed by atoms with E-state index in [4.69, 9.17) is 4.74 Å². The van der Waals surface area contributed by atoms with Gasteiger partial charge >= 0.3 is 0 Å². The summed E-state index contributed by atoms with van der Waals surface area (Å²) in [5.74, 6) is -2.68. The number of methoxy groups -OCH3 is 1. The molecule has 0 spiro atoms. The number of ether oxygens (including phenoxy) is 1. The van der Waals surface area contributed by atoms with Crippen LogP contribution in [-0.2, 0) is 4.79 Å². The number of fused-ring (bicyclic) bond motifs is 1. The van der Waals surface area contributed by atoms with E-state index in [1.807, 2.05) is 0 Å². The molecule has 0 saturated heterocycles. The van der Waals surface area contributed by atoms with Gasteiger partial charge in [0, 0.05) is 5.56 Å². The van der Waals surface area contributed by atoms with Gasteiger partial charge in [0.05, 0.1) is 23.9 Å². The second-order valence-electron chi connectivity index (χ2n) is 5.21. The third kappa shape index (κ3) is 3.94. The quantitative estimate of drug-likeness (QED) is 0.716. The number of hydrogen-bond donors (Lipinski definition) is 2. The normalized spacial score (nSPS) is 10.6. The highest BCUT2D eigenvalue weighted by atomic mass is 32.1. The van der Waals surface area contributed by atoms with E-state index in [2.05, 4.69) is 15.6 Å². The van der Waals surface area contributed by atoms with Crippen molar-refractivity contribution in [3.8, 4) is 5.75 Å². The Morgan fingerprint density at radius 2 is 1.96 bits per heavy atom. The van der Waals surface area contributed by atoms with Crippen LogP contribution in [0, 0.1) is 11.6 Å². The molecule has 6 nitrogen and oxygen atoms in total. The topological polar surface area (TPSA) is 80.3 Å². The Morgan fingerprint density at radius 1 is 1.15 bits per heavy atom. The molecule has 2 aromatic carbocycles. The summed E-state index contributed by atoms with van der Waals surface area (Å²) in [7, 11) is 1.56. The number of benzene rings is 2. The number of rotatable bonds is 5. The van der Waals surface area contributed by atoms with Gasteiger partial charge in [-0.1, -0.05) is 11.3 Å². The first-order chi connectivity index (χ1) is 12.5. The fourth-order valence-electron chi connectivity index (χ4n) is 2.15. The van der Waals surface area contributed by atoms with Gasteiger partial charge in [-0.05, 0) is 36.4 Å². The molecule has 2 amide bonds. The second-order valence-corrected chi connectivity index (χ2v) is 6.24. The standard InChI is InChI=1S/C17H13F2N3O3S/c1-25-10-3-5-13-14(7-10)26-17(21-13)22-15(23)8-20-16(24)9-2-4-11(18)12(19)6-9/h2-7H,8H2,1H3,(H,20,24)(H,21,22,23). The minimum atomic E-state index is -1.13. The zero-order valence-electron chi connectivity index (χ0n) is 13.5. The molecule has 3 aromatic rings. The molecule has 0 unspecified atom stereocenters. The summed E-state index contributed by atoms with van der Waals surface area (Å²) in [6.45, 7) is -0.336. The number of carbonyl (C=O) groups is 2. The van der Waals surface area contributed by atoms with Gasteiger partial charge in [0.25, 0.3) is 5.91 Å². The van der Waals surface area contributed by atoms with Crippen molar-refractivity contribution in [2.45, 2.75) is 0 Å². The van der Waals surface area contributed by atoms with Crippen molar-refractivity contribution in [2.24, 2.45) is 0 Å². The van der Waals surface area contributed by atoms with E-state index in [0.29, 0.717) is 16.4 Å². The lowest BCUT2D eigenvalue weighted by atomic mass is 10.2. The summed E-state index contributed by atoms with van der Waals surface area (Å²) in [4.78, 5) is 28.1. The van der Waals surface area contributed by atoms with Gasteiger partial charge < -0.3 is 15.4 Å². The number of nitrogens with one attached hydrogen (secondary N) is 2. The molecular weight excluding hydrogens is 364 g/mol. The zero-order chi connectivity index (χ0) is 18.7. The lowest BCUT2D eigenvalue weighted by Gasteiger charge is -2.05. The van der Waals surface area contributed by atoms with Crippen LogP contribution in [-0.4, -0.2) is 30.5 Å². The van der Waals surface area contributed by atoms with Crippen molar-refractivity contribution >= 4 is 38.5 Å². The Morgan fingerprint density at radius 3 is 2.69 bits per heavy atom. The van der Waals surface area contributed by atoms with Gasteiger partial charge in [-0.25, -0.2) is 13.8 Å². The molecule has 1 heterocycles. The zero-order valence-corrected chi connectivity index (χ0v) is 14.3. The maximum atomic E-state index is 13.1. The molecule has 2 N–H and O–H groups in total. The second kappa shape index (κ2) is 7.44. The van der Waals surface area contributed by atoms with Crippen LogP contribution in [0.25, 0.3) is 10.2 Å². The number of nitrogens with zero attached hydrogens (tertiary/aromatic N) is 1. The summed E-state index contributed by atoms with van der Waals surface area (Å²) in [6, 6.07) is 8.07. The molecule has 9 heteroatoms. The number of anilines is 1. The summed E-state index contributed by atoms with van der Waals surface area (Å²) >= 11 is 1.26. The molecule has 26 heavy (non-hydrogen) atoms. The van der Waals surface area contributed by atoms with Gasteiger partial charge in [0.15, 0.2) is 16.8 Å². The molecule has 0 radical (unpaired) electrons. The van der Waals surface area contributed by atoms with Crippen molar-refractivity contribution < 1.29 is 23.1 Å². The Bertz CT molecular complexity index is 991. The van der Waals surface area contributed by atoms with Crippen molar-refractivity contribution in [1.29, 1.82) is 0 Å². The average molecular weight is 377 g/mol. The summed E-state index contributed by atoms with van der Waals surface area (Å²) in [5.41, 5.74) is 0.626. The highest BCUT2D eigenvalue weighted by Gasteiger charge is 2.12. The molecule has 3 rings (SSSR count). The van der Waals surface area contributed by atoms with Crippen molar-refractivity contribution in [3.63, 3.8) is 0 Å². The molecule has 0 saturated carbocycles. The largest absolute Gasteiger partial charge is 0.497 e. The molecule has 0 aliphatic heterocycles.